The summed E-state index contributed by atoms with van der Waals surface area (Å²) in [5, 5.41) is 21.2. The third-order valence-corrected chi connectivity index (χ3v) is 3.01. The molecule has 0 saturated heterocycles. The minimum absolute atomic E-state index is 0.0630. The molecule has 0 aliphatic carbocycles. The van der Waals surface area contributed by atoms with Crippen molar-refractivity contribution in [2.75, 3.05) is 0 Å². The van der Waals surface area contributed by atoms with Gasteiger partial charge >= 0.3 is 0 Å². The first-order valence-corrected chi connectivity index (χ1v) is 6.32. The number of non-ortho nitro benzene ring substituents is 1. The van der Waals surface area contributed by atoms with Crippen molar-refractivity contribution in [3.8, 4) is 0 Å². The van der Waals surface area contributed by atoms with Crippen molar-refractivity contribution < 1.29 is 10.0 Å². The number of aromatic nitrogens is 1. The molecule has 0 saturated carbocycles. The zero-order valence-electron chi connectivity index (χ0n) is 10.7. The van der Waals surface area contributed by atoms with Crippen molar-refractivity contribution in [1.82, 2.24) is 4.98 Å². The van der Waals surface area contributed by atoms with Crippen molar-refractivity contribution in [3.63, 3.8) is 0 Å². The number of hydrogen-bond acceptors (Lipinski definition) is 4. The standard InChI is InChI=1S/C14H16N2O3/c1-2-3-13(17)9-11-5-4-10-8-12(16(18)19)6-7-14(10)15-11/h4-8,13,17H,2-3,9H2,1H3. The van der Waals surface area contributed by atoms with Gasteiger partial charge in [-0.05, 0) is 18.6 Å². The molecule has 0 aliphatic rings. The molecule has 2 aromatic rings. The van der Waals surface area contributed by atoms with Gasteiger partial charge in [0.25, 0.3) is 5.69 Å². The Bertz CT molecular complexity index is 598. The predicted octanol–water partition coefficient (Wildman–Crippen LogP) is 2.85. The molecule has 100 valence electrons. The van der Waals surface area contributed by atoms with Gasteiger partial charge in [-0.3, -0.25) is 15.1 Å². The Kier molecular flexibility index (Phi) is 4.06. The normalized spacial score (nSPS) is 12.5. The van der Waals surface area contributed by atoms with Crippen LogP contribution >= 0.6 is 0 Å². The molecule has 19 heavy (non-hydrogen) atoms. The predicted molar refractivity (Wildman–Crippen MR) is 73.0 cm³/mol. The first-order chi connectivity index (χ1) is 9.10. The Morgan fingerprint density at radius 1 is 1.37 bits per heavy atom. The van der Waals surface area contributed by atoms with E-state index in [2.05, 4.69) is 4.98 Å². The van der Waals surface area contributed by atoms with Crippen LogP contribution < -0.4 is 0 Å². The molecule has 5 nitrogen and oxygen atoms in total. The van der Waals surface area contributed by atoms with Crippen molar-refractivity contribution >= 4 is 16.6 Å². The Morgan fingerprint density at radius 2 is 2.16 bits per heavy atom. The number of pyridine rings is 1. The van der Waals surface area contributed by atoms with Crippen LogP contribution in [0.2, 0.25) is 0 Å². The van der Waals surface area contributed by atoms with E-state index in [1.54, 1.807) is 6.07 Å². The fraction of sp³-hybridized carbons (Fsp3) is 0.357. The highest BCUT2D eigenvalue weighted by molar-refractivity contribution is 5.81. The number of aliphatic hydroxyl groups is 1. The molecular weight excluding hydrogens is 244 g/mol. The summed E-state index contributed by atoms with van der Waals surface area (Å²) in [7, 11) is 0. The Labute approximate surface area is 111 Å². The molecule has 0 spiro atoms. The lowest BCUT2D eigenvalue weighted by molar-refractivity contribution is -0.384. The van der Waals surface area contributed by atoms with Gasteiger partial charge in [0.05, 0.1) is 16.5 Å². The molecule has 0 amide bonds. The van der Waals surface area contributed by atoms with Gasteiger partial charge in [-0.15, -0.1) is 0 Å². The van der Waals surface area contributed by atoms with Crippen molar-refractivity contribution in [1.29, 1.82) is 0 Å². The number of nitro benzene ring substituents is 1. The smallest absolute Gasteiger partial charge is 0.270 e. The fourth-order valence-electron chi connectivity index (χ4n) is 2.06. The molecule has 0 bridgehead atoms. The summed E-state index contributed by atoms with van der Waals surface area (Å²) in [5.74, 6) is 0. The second-order valence-corrected chi connectivity index (χ2v) is 4.58. The first-order valence-electron chi connectivity index (χ1n) is 6.32. The lowest BCUT2D eigenvalue weighted by Crippen LogP contribution is -2.10. The largest absolute Gasteiger partial charge is 0.393 e. The lowest BCUT2D eigenvalue weighted by atomic mass is 10.1. The number of fused-ring (bicyclic) bond motifs is 1. The van der Waals surface area contributed by atoms with E-state index in [9.17, 15) is 15.2 Å². The minimum Gasteiger partial charge on any atom is -0.393 e. The molecule has 1 aromatic heterocycles. The van der Waals surface area contributed by atoms with Gasteiger partial charge in [-0.25, -0.2) is 0 Å². The van der Waals surface area contributed by atoms with Crippen LogP contribution in [0.5, 0.6) is 0 Å². The maximum Gasteiger partial charge on any atom is 0.270 e. The Balaban J connectivity index is 2.26. The summed E-state index contributed by atoms with van der Waals surface area (Å²) in [6.07, 6.45) is 1.81. The van der Waals surface area contributed by atoms with Crippen LogP contribution in [0.25, 0.3) is 10.9 Å². The van der Waals surface area contributed by atoms with E-state index >= 15 is 0 Å². The van der Waals surface area contributed by atoms with Gasteiger partial charge in [-0.2, -0.15) is 0 Å². The second kappa shape index (κ2) is 5.75. The number of nitrogens with zero attached hydrogens (tertiary/aromatic N) is 2. The quantitative estimate of drug-likeness (QED) is 0.662. The molecule has 1 N–H and O–H groups in total. The van der Waals surface area contributed by atoms with Crippen LogP contribution in [-0.2, 0) is 6.42 Å². The highest BCUT2D eigenvalue weighted by atomic mass is 16.6. The van der Waals surface area contributed by atoms with Gasteiger partial charge in [0.2, 0.25) is 0 Å². The van der Waals surface area contributed by atoms with Crippen molar-refractivity contribution in [2.24, 2.45) is 0 Å². The van der Waals surface area contributed by atoms with Crippen LogP contribution in [-0.4, -0.2) is 21.1 Å². The monoisotopic (exact) mass is 260 g/mol. The van der Waals surface area contributed by atoms with Crippen LogP contribution in [0.15, 0.2) is 30.3 Å². The maximum absolute atomic E-state index is 10.7. The summed E-state index contributed by atoms with van der Waals surface area (Å²) in [6, 6.07) is 8.22. The Hall–Kier alpha value is -2.01. The van der Waals surface area contributed by atoms with Gasteiger partial charge in [0.15, 0.2) is 0 Å². The van der Waals surface area contributed by atoms with E-state index in [0.29, 0.717) is 11.9 Å². The third kappa shape index (κ3) is 3.26. The highest BCUT2D eigenvalue weighted by Gasteiger charge is 2.09. The molecule has 0 radical (unpaired) electrons. The van der Waals surface area contributed by atoms with Gasteiger partial charge < -0.3 is 5.11 Å². The van der Waals surface area contributed by atoms with Crippen LogP contribution in [0.1, 0.15) is 25.5 Å². The maximum atomic E-state index is 10.7. The molecule has 2 rings (SSSR count). The number of nitro groups is 1. The molecule has 1 unspecified atom stereocenters. The molecule has 1 heterocycles. The highest BCUT2D eigenvalue weighted by Crippen LogP contribution is 2.20. The molecule has 0 fully saturated rings. The number of benzene rings is 1. The zero-order chi connectivity index (χ0) is 13.8. The number of aliphatic hydroxyl groups excluding tert-OH is 1. The topological polar surface area (TPSA) is 76.3 Å². The van der Waals surface area contributed by atoms with Crippen LogP contribution in [0.3, 0.4) is 0 Å². The number of rotatable bonds is 5. The molecular formula is C14H16N2O3. The summed E-state index contributed by atoms with van der Waals surface area (Å²) < 4.78 is 0. The van der Waals surface area contributed by atoms with Crippen LogP contribution in [0, 0.1) is 10.1 Å². The summed E-state index contributed by atoms with van der Waals surface area (Å²) in [4.78, 5) is 14.7. The Morgan fingerprint density at radius 3 is 2.84 bits per heavy atom. The molecule has 0 aliphatic heterocycles. The van der Waals surface area contributed by atoms with Gasteiger partial charge in [-0.1, -0.05) is 19.4 Å². The molecule has 5 heteroatoms. The van der Waals surface area contributed by atoms with E-state index in [4.69, 9.17) is 0 Å². The number of hydrogen-bond donors (Lipinski definition) is 1. The van der Waals surface area contributed by atoms with E-state index < -0.39 is 4.92 Å². The average molecular weight is 260 g/mol. The third-order valence-electron chi connectivity index (χ3n) is 3.01. The fourth-order valence-corrected chi connectivity index (χ4v) is 2.06. The summed E-state index contributed by atoms with van der Waals surface area (Å²) >= 11 is 0. The van der Waals surface area contributed by atoms with E-state index in [1.165, 1.54) is 12.1 Å². The van der Waals surface area contributed by atoms with Gasteiger partial charge in [0, 0.05) is 29.6 Å². The molecule has 1 atom stereocenters. The SMILES string of the molecule is CCCC(O)Cc1ccc2cc([N+](=O)[O-])ccc2n1. The van der Waals surface area contributed by atoms with Gasteiger partial charge in [0.1, 0.15) is 0 Å². The van der Waals surface area contributed by atoms with Crippen molar-refractivity contribution in [3.05, 3.63) is 46.1 Å². The first kappa shape index (κ1) is 13.4. The lowest BCUT2D eigenvalue weighted by Gasteiger charge is -2.09. The van der Waals surface area contributed by atoms with E-state index in [1.807, 2.05) is 19.1 Å². The molecule has 1 aromatic carbocycles. The van der Waals surface area contributed by atoms with Crippen molar-refractivity contribution in [2.45, 2.75) is 32.3 Å². The summed E-state index contributed by atoms with van der Waals surface area (Å²) in [5.41, 5.74) is 1.59. The zero-order valence-corrected chi connectivity index (χ0v) is 10.7. The van der Waals surface area contributed by atoms with Crippen LogP contribution in [0.4, 0.5) is 5.69 Å². The average Bonchev–Trinajstić information content (AvgIpc) is 2.38. The minimum atomic E-state index is -0.418. The summed E-state index contributed by atoms with van der Waals surface area (Å²) in [6.45, 7) is 2.02. The van der Waals surface area contributed by atoms with E-state index in [0.717, 1.165) is 23.9 Å². The van der Waals surface area contributed by atoms with E-state index in [-0.39, 0.29) is 11.8 Å². The second-order valence-electron chi connectivity index (χ2n) is 4.58.